The molecule has 2 unspecified atom stereocenters. The summed E-state index contributed by atoms with van der Waals surface area (Å²) in [6.07, 6.45) is 1.30. The summed E-state index contributed by atoms with van der Waals surface area (Å²) in [6.45, 7) is 11.9. The first-order chi connectivity index (χ1) is 12.7. The van der Waals surface area contributed by atoms with Gasteiger partial charge in [0.25, 0.3) is 0 Å². The quantitative estimate of drug-likeness (QED) is 0.394. The Morgan fingerprint density at radius 2 is 1.89 bits per heavy atom. The number of piperazine rings is 1. The third-order valence-corrected chi connectivity index (χ3v) is 5.37. The number of ether oxygens (including phenoxy) is 1. The molecule has 1 aromatic carbocycles. The summed E-state index contributed by atoms with van der Waals surface area (Å²) < 4.78 is 6.01. The predicted molar refractivity (Wildman–Crippen MR) is 123 cm³/mol. The number of halogens is 1. The highest BCUT2D eigenvalue weighted by Crippen LogP contribution is 2.33. The Kier molecular flexibility index (Phi) is 9.32. The predicted octanol–water partition coefficient (Wildman–Crippen LogP) is 3.23. The molecule has 3 rings (SSSR count). The lowest BCUT2D eigenvalue weighted by molar-refractivity contribution is 0.0911. The number of hydrogen-bond donors (Lipinski definition) is 1. The Labute approximate surface area is 181 Å². The van der Waals surface area contributed by atoms with Crippen molar-refractivity contribution >= 4 is 29.9 Å². The number of nitrogens with one attached hydrogen (secondary N) is 1. The van der Waals surface area contributed by atoms with Gasteiger partial charge in [0, 0.05) is 58.8 Å². The van der Waals surface area contributed by atoms with Crippen molar-refractivity contribution in [2.24, 2.45) is 16.8 Å². The van der Waals surface area contributed by atoms with Crippen LogP contribution in [0.1, 0.15) is 31.9 Å². The van der Waals surface area contributed by atoms with Gasteiger partial charge in [-0.3, -0.25) is 9.89 Å². The van der Waals surface area contributed by atoms with Gasteiger partial charge in [-0.25, -0.2) is 0 Å². The molecule has 0 aromatic heterocycles. The minimum absolute atomic E-state index is 0. The van der Waals surface area contributed by atoms with Gasteiger partial charge in [-0.2, -0.15) is 0 Å². The number of nitrogens with zero attached hydrogens (tertiary/aromatic N) is 3. The highest BCUT2D eigenvalue weighted by Gasteiger charge is 2.30. The molecule has 2 aliphatic rings. The van der Waals surface area contributed by atoms with E-state index in [-0.39, 0.29) is 30.1 Å². The van der Waals surface area contributed by atoms with Crippen molar-refractivity contribution in [1.29, 1.82) is 0 Å². The lowest BCUT2D eigenvalue weighted by Crippen LogP contribution is -2.53. The van der Waals surface area contributed by atoms with E-state index in [1.54, 1.807) is 0 Å². The lowest BCUT2D eigenvalue weighted by atomic mass is 9.95. The zero-order chi connectivity index (χ0) is 18.4. The van der Waals surface area contributed by atoms with E-state index in [1.807, 2.05) is 7.05 Å². The van der Waals surface area contributed by atoms with Crippen LogP contribution in [0, 0.1) is 11.8 Å². The van der Waals surface area contributed by atoms with Crippen LogP contribution in [0.15, 0.2) is 35.3 Å². The first kappa shape index (κ1) is 22.4. The van der Waals surface area contributed by atoms with E-state index in [0.29, 0.717) is 5.92 Å². The zero-order valence-corrected chi connectivity index (χ0v) is 19.3. The standard InChI is InChI=1S/C21H34N4O.HI/c1-17(2)16-24-10-12-25(13-11-24)21(22-3)23-15-19-9-14-26-20(19)18-7-5-4-6-8-18;/h4-8,17,19-20H,9-16H2,1-3H3,(H,22,23);1H. The number of aliphatic imine (C=N–C) groups is 1. The van der Waals surface area contributed by atoms with E-state index in [2.05, 4.69) is 64.3 Å². The molecule has 0 amide bonds. The average Bonchev–Trinajstić information content (AvgIpc) is 3.12. The van der Waals surface area contributed by atoms with Crippen molar-refractivity contribution in [2.75, 3.05) is 52.9 Å². The maximum Gasteiger partial charge on any atom is 0.193 e. The molecule has 152 valence electrons. The van der Waals surface area contributed by atoms with Crippen LogP contribution in [0.2, 0.25) is 0 Å². The van der Waals surface area contributed by atoms with Crippen LogP contribution in [0.4, 0.5) is 0 Å². The highest BCUT2D eigenvalue weighted by molar-refractivity contribution is 14.0. The normalized spacial score (nSPS) is 24.1. The van der Waals surface area contributed by atoms with E-state index in [9.17, 15) is 0 Å². The molecule has 2 saturated heterocycles. The highest BCUT2D eigenvalue weighted by atomic mass is 127. The van der Waals surface area contributed by atoms with Crippen molar-refractivity contribution in [3.05, 3.63) is 35.9 Å². The Bertz CT molecular complexity index is 573. The maximum atomic E-state index is 6.01. The zero-order valence-electron chi connectivity index (χ0n) is 16.9. The summed E-state index contributed by atoms with van der Waals surface area (Å²) in [7, 11) is 1.89. The summed E-state index contributed by atoms with van der Waals surface area (Å²) in [6, 6.07) is 10.6. The Hall–Kier alpha value is -0.860. The molecule has 0 radical (unpaired) electrons. The van der Waals surface area contributed by atoms with Crippen LogP contribution in [-0.2, 0) is 4.74 Å². The van der Waals surface area contributed by atoms with E-state index in [4.69, 9.17) is 4.74 Å². The van der Waals surface area contributed by atoms with Gasteiger partial charge in [-0.1, -0.05) is 44.2 Å². The third kappa shape index (κ3) is 6.32. The van der Waals surface area contributed by atoms with Crippen molar-refractivity contribution in [2.45, 2.75) is 26.4 Å². The average molecular weight is 486 g/mol. The van der Waals surface area contributed by atoms with E-state index >= 15 is 0 Å². The number of guanidine groups is 1. The Morgan fingerprint density at radius 1 is 1.19 bits per heavy atom. The number of rotatable bonds is 5. The van der Waals surface area contributed by atoms with Gasteiger partial charge in [0.05, 0.1) is 6.10 Å². The monoisotopic (exact) mass is 486 g/mol. The molecule has 2 atom stereocenters. The van der Waals surface area contributed by atoms with E-state index in [1.165, 1.54) is 12.1 Å². The van der Waals surface area contributed by atoms with Crippen LogP contribution < -0.4 is 5.32 Å². The Balaban J connectivity index is 0.00000261. The smallest absolute Gasteiger partial charge is 0.193 e. The largest absolute Gasteiger partial charge is 0.373 e. The van der Waals surface area contributed by atoms with Crippen molar-refractivity contribution in [1.82, 2.24) is 15.1 Å². The minimum atomic E-state index is 0. The summed E-state index contributed by atoms with van der Waals surface area (Å²) in [4.78, 5) is 9.48. The van der Waals surface area contributed by atoms with Crippen LogP contribution in [0.5, 0.6) is 0 Å². The van der Waals surface area contributed by atoms with Crippen molar-refractivity contribution in [3.63, 3.8) is 0 Å². The molecular formula is C21H35IN4O. The summed E-state index contributed by atoms with van der Waals surface area (Å²) in [5.41, 5.74) is 1.29. The first-order valence-electron chi connectivity index (χ1n) is 10.0. The fourth-order valence-electron chi connectivity index (χ4n) is 4.07. The van der Waals surface area contributed by atoms with E-state index < -0.39 is 0 Å². The Morgan fingerprint density at radius 3 is 2.52 bits per heavy atom. The SMILES string of the molecule is CN=C(NCC1CCOC1c1ccccc1)N1CCN(CC(C)C)CC1.I. The molecule has 0 saturated carbocycles. The fraction of sp³-hybridized carbons (Fsp3) is 0.667. The van der Waals surface area contributed by atoms with Crippen LogP contribution in [0.3, 0.4) is 0 Å². The fourth-order valence-corrected chi connectivity index (χ4v) is 4.07. The first-order valence-corrected chi connectivity index (χ1v) is 10.0. The summed E-state index contributed by atoms with van der Waals surface area (Å²) >= 11 is 0. The lowest BCUT2D eigenvalue weighted by Gasteiger charge is -2.37. The minimum Gasteiger partial charge on any atom is -0.373 e. The van der Waals surface area contributed by atoms with Gasteiger partial charge in [-0.05, 0) is 17.9 Å². The molecular weight excluding hydrogens is 451 g/mol. The molecule has 27 heavy (non-hydrogen) atoms. The third-order valence-electron chi connectivity index (χ3n) is 5.37. The molecule has 1 N–H and O–H groups in total. The summed E-state index contributed by atoms with van der Waals surface area (Å²) in [5.74, 6) is 2.26. The topological polar surface area (TPSA) is 40.1 Å². The number of hydrogen-bond acceptors (Lipinski definition) is 3. The van der Waals surface area contributed by atoms with Crippen molar-refractivity contribution < 1.29 is 4.74 Å². The second-order valence-electron chi connectivity index (χ2n) is 7.86. The van der Waals surface area contributed by atoms with Gasteiger partial charge < -0.3 is 15.0 Å². The van der Waals surface area contributed by atoms with Gasteiger partial charge in [0.15, 0.2) is 5.96 Å². The summed E-state index contributed by atoms with van der Waals surface area (Å²) in [5, 5.41) is 3.61. The molecule has 2 heterocycles. The number of benzene rings is 1. The molecule has 0 aliphatic carbocycles. The molecule has 0 spiro atoms. The van der Waals surface area contributed by atoms with Gasteiger partial charge in [0.1, 0.15) is 0 Å². The maximum absolute atomic E-state index is 6.01. The van der Waals surface area contributed by atoms with Gasteiger partial charge in [0.2, 0.25) is 0 Å². The molecule has 2 aliphatic heterocycles. The molecule has 2 fully saturated rings. The molecule has 0 bridgehead atoms. The van der Waals surface area contributed by atoms with Crippen LogP contribution in [-0.4, -0.2) is 68.7 Å². The van der Waals surface area contributed by atoms with Gasteiger partial charge >= 0.3 is 0 Å². The second kappa shape index (κ2) is 11.2. The molecule has 5 nitrogen and oxygen atoms in total. The van der Waals surface area contributed by atoms with Crippen LogP contribution >= 0.6 is 24.0 Å². The second-order valence-corrected chi connectivity index (χ2v) is 7.86. The molecule has 1 aromatic rings. The van der Waals surface area contributed by atoms with Crippen molar-refractivity contribution in [3.8, 4) is 0 Å². The molecule has 6 heteroatoms. The van der Waals surface area contributed by atoms with E-state index in [0.717, 1.165) is 57.6 Å². The van der Waals surface area contributed by atoms with Gasteiger partial charge in [-0.15, -0.1) is 24.0 Å². The van der Waals surface area contributed by atoms with Crippen LogP contribution in [0.25, 0.3) is 0 Å².